The van der Waals surface area contributed by atoms with Crippen molar-refractivity contribution in [2.24, 2.45) is 0 Å². The zero-order valence-electron chi connectivity index (χ0n) is 11.0. The van der Waals surface area contributed by atoms with Crippen molar-refractivity contribution < 1.29 is 4.79 Å². The normalized spacial score (nSPS) is 23.1. The van der Waals surface area contributed by atoms with Gasteiger partial charge in [0.2, 0.25) is 0 Å². The molecule has 1 aromatic carbocycles. The molecular formula is C14H19BrN2OS. The van der Waals surface area contributed by atoms with E-state index in [4.69, 9.17) is 5.73 Å². The van der Waals surface area contributed by atoms with Gasteiger partial charge in [-0.3, -0.25) is 4.79 Å². The van der Waals surface area contributed by atoms with Gasteiger partial charge in [0, 0.05) is 21.5 Å². The Morgan fingerprint density at radius 2 is 2.16 bits per heavy atom. The van der Waals surface area contributed by atoms with Gasteiger partial charge < -0.3 is 11.1 Å². The second-order valence-corrected chi connectivity index (χ2v) is 6.86. The summed E-state index contributed by atoms with van der Waals surface area (Å²) in [5.74, 6) is -0.0650. The van der Waals surface area contributed by atoms with Gasteiger partial charge in [0.25, 0.3) is 5.91 Å². The van der Waals surface area contributed by atoms with Crippen LogP contribution in [0.5, 0.6) is 0 Å². The maximum Gasteiger partial charge on any atom is 0.253 e. The van der Waals surface area contributed by atoms with E-state index in [1.165, 1.54) is 19.3 Å². The highest BCUT2D eigenvalue weighted by atomic mass is 79.9. The van der Waals surface area contributed by atoms with Gasteiger partial charge in [-0.1, -0.05) is 28.8 Å². The van der Waals surface area contributed by atoms with Crippen LogP contribution in [0.1, 0.15) is 36.0 Å². The van der Waals surface area contributed by atoms with Gasteiger partial charge in [0.05, 0.1) is 5.56 Å². The first-order valence-electron chi connectivity index (χ1n) is 6.50. The van der Waals surface area contributed by atoms with Gasteiger partial charge in [-0.2, -0.15) is 11.8 Å². The second kappa shape index (κ2) is 6.66. The highest BCUT2D eigenvalue weighted by Crippen LogP contribution is 2.28. The summed E-state index contributed by atoms with van der Waals surface area (Å²) in [7, 11) is 0. The topological polar surface area (TPSA) is 55.1 Å². The minimum atomic E-state index is -0.0650. The predicted molar refractivity (Wildman–Crippen MR) is 85.6 cm³/mol. The number of amides is 1. The van der Waals surface area contributed by atoms with Gasteiger partial charge >= 0.3 is 0 Å². The Balaban J connectivity index is 2.09. The third-order valence-corrected chi connectivity index (χ3v) is 5.24. The zero-order valence-corrected chi connectivity index (χ0v) is 13.4. The SMILES string of the molecule is CSC1CCCCC1NC(=O)c1cc(Br)ccc1N. The number of benzene rings is 1. The maximum atomic E-state index is 12.3. The Hall–Kier alpha value is -0.680. The lowest BCUT2D eigenvalue weighted by atomic mass is 9.94. The Bertz CT molecular complexity index is 467. The fourth-order valence-electron chi connectivity index (χ4n) is 2.52. The van der Waals surface area contributed by atoms with Crippen molar-refractivity contribution >= 4 is 39.3 Å². The minimum Gasteiger partial charge on any atom is -0.398 e. The zero-order chi connectivity index (χ0) is 13.8. The Kier molecular flexibility index (Phi) is 5.16. The molecule has 0 aliphatic heterocycles. The molecule has 5 heteroatoms. The summed E-state index contributed by atoms with van der Waals surface area (Å²) in [5, 5.41) is 3.66. The van der Waals surface area contributed by atoms with E-state index >= 15 is 0 Å². The highest BCUT2D eigenvalue weighted by Gasteiger charge is 2.26. The summed E-state index contributed by atoms with van der Waals surface area (Å²) in [6.07, 6.45) is 6.81. The quantitative estimate of drug-likeness (QED) is 0.827. The summed E-state index contributed by atoms with van der Waals surface area (Å²) >= 11 is 5.22. The third-order valence-electron chi connectivity index (χ3n) is 3.58. The molecule has 0 spiro atoms. The molecule has 0 bridgehead atoms. The number of nitrogens with one attached hydrogen (secondary N) is 1. The van der Waals surface area contributed by atoms with E-state index in [1.54, 1.807) is 12.1 Å². The smallest absolute Gasteiger partial charge is 0.253 e. The van der Waals surface area contributed by atoms with E-state index in [9.17, 15) is 4.79 Å². The molecule has 3 N–H and O–H groups in total. The molecule has 2 rings (SSSR count). The van der Waals surface area contributed by atoms with Crippen molar-refractivity contribution in [3.8, 4) is 0 Å². The van der Waals surface area contributed by atoms with E-state index in [0.717, 1.165) is 10.9 Å². The molecule has 1 aliphatic rings. The lowest BCUT2D eigenvalue weighted by Crippen LogP contribution is -2.43. The number of halogens is 1. The van der Waals surface area contributed by atoms with Crippen LogP contribution in [0.4, 0.5) is 5.69 Å². The molecule has 2 unspecified atom stereocenters. The van der Waals surface area contributed by atoms with Crippen molar-refractivity contribution in [1.82, 2.24) is 5.32 Å². The molecule has 104 valence electrons. The van der Waals surface area contributed by atoms with Crippen molar-refractivity contribution in [1.29, 1.82) is 0 Å². The molecular weight excluding hydrogens is 324 g/mol. The first-order chi connectivity index (χ1) is 9.11. The maximum absolute atomic E-state index is 12.3. The van der Waals surface area contributed by atoms with Crippen LogP contribution in [0.2, 0.25) is 0 Å². The largest absolute Gasteiger partial charge is 0.398 e. The van der Waals surface area contributed by atoms with E-state index < -0.39 is 0 Å². The molecule has 1 fully saturated rings. The summed E-state index contributed by atoms with van der Waals surface area (Å²) in [6.45, 7) is 0. The molecule has 1 aromatic rings. The van der Waals surface area contributed by atoms with Gasteiger partial charge in [0.1, 0.15) is 0 Å². The molecule has 1 amide bonds. The minimum absolute atomic E-state index is 0.0650. The van der Waals surface area contributed by atoms with Crippen LogP contribution in [-0.4, -0.2) is 23.5 Å². The van der Waals surface area contributed by atoms with Crippen molar-refractivity contribution in [3.63, 3.8) is 0 Å². The molecule has 1 aliphatic carbocycles. The van der Waals surface area contributed by atoms with Crippen molar-refractivity contribution in [2.75, 3.05) is 12.0 Å². The van der Waals surface area contributed by atoms with Crippen molar-refractivity contribution in [3.05, 3.63) is 28.2 Å². The van der Waals surface area contributed by atoms with Gasteiger partial charge in [-0.05, 0) is 37.3 Å². The van der Waals surface area contributed by atoms with Gasteiger partial charge in [0.15, 0.2) is 0 Å². The summed E-state index contributed by atoms with van der Waals surface area (Å²) in [4.78, 5) is 12.3. The molecule has 1 saturated carbocycles. The Labute approximate surface area is 126 Å². The summed E-state index contributed by atoms with van der Waals surface area (Å²) in [6, 6.07) is 5.64. The Morgan fingerprint density at radius 1 is 1.42 bits per heavy atom. The van der Waals surface area contributed by atoms with Crippen LogP contribution in [0.3, 0.4) is 0 Å². The molecule has 0 aromatic heterocycles. The summed E-state index contributed by atoms with van der Waals surface area (Å²) in [5.41, 5.74) is 6.96. The van der Waals surface area contributed by atoms with Gasteiger partial charge in [-0.15, -0.1) is 0 Å². The number of carbonyl (C=O) groups excluding carboxylic acids is 1. The second-order valence-electron chi connectivity index (χ2n) is 4.87. The van der Waals surface area contributed by atoms with E-state index in [1.807, 2.05) is 17.8 Å². The number of anilines is 1. The predicted octanol–water partition coefficient (Wildman–Crippen LogP) is 3.44. The highest BCUT2D eigenvalue weighted by molar-refractivity contribution is 9.10. The van der Waals surface area contributed by atoms with E-state index in [-0.39, 0.29) is 11.9 Å². The van der Waals surface area contributed by atoms with E-state index in [2.05, 4.69) is 27.5 Å². The van der Waals surface area contributed by atoms with Crippen LogP contribution in [0.15, 0.2) is 22.7 Å². The van der Waals surface area contributed by atoms with E-state index in [0.29, 0.717) is 16.5 Å². The molecule has 19 heavy (non-hydrogen) atoms. The fourth-order valence-corrected chi connectivity index (χ4v) is 3.81. The number of rotatable bonds is 3. The van der Waals surface area contributed by atoms with Crippen LogP contribution < -0.4 is 11.1 Å². The van der Waals surface area contributed by atoms with Crippen LogP contribution in [0.25, 0.3) is 0 Å². The van der Waals surface area contributed by atoms with Crippen LogP contribution in [-0.2, 0) is 0 Å². The standard InChI is InChI=1S/C14H19BrN2OS/c1-19-13-5-3-2-4-12(13)17-14(18)10-8-9(15)6-7-11(10)16/h6-8,12-13H,2-5,16H2,1H3,(H,17,18). The van der Waals surface area contributed by atoms with Crippen LogP contribution >= 0.6 is 27.7 Å². The molecule has 3 nitrogen and oxygen atoms in total. The molecule has 0 saturated heterocycles. The summed E-state index contributed by atoms with van der Waals surface area (Å²) < 4.78 is 0.872. The number of hydrogen-bond donors (Lipinski definition) is 2. The average Bonchev–Trinajstić information content (AvgIpc) is 2.42. The lowest BCUT2D eigenvalue weighted by Gasteiger charge is -2.31. The monoisotopic (exact) mass is 342 g/mol. The third kappa shape index (κ3) is 3.66. The number of hydrogen-bond acceptors (Lipinski definition) is 3. The first kappa shape index (κ1) is 14.7. The number of carbonyl (C=O) groups is 1. The van der Waals surface area contributed by atoms with Crippen LogP contribution in [0, 0.1) is 0 Å². The Morgan fingerprint density at radius 3 is 2.89 bits per heavy atom. The lowest BCUT2D eigenvalue weighted by molar-refractivity contribution is 0.0930. The first-order valence-corrected chi connectivity index (χ1v) is 8.58. The molecule has 0 radical (unpaired) electrons. The number of nitrogen functional groups attached to an aromatic ring is 1. The van der Waals surface area contributed by atoms with Gasteiger partial charge in [-0.25, -0.2) is 0 Å². The van der Waals surface area contributed by atoms with Crippen molar-refractivity contribution in [2.45, 2.75) is 37.0 Å². The molecule has 2 atom stereocenters. The number of thioether (sulfide) groups is 1. The fraction of sp³-hybridized carbons (Fsp3) is 0.500. The molecule has 0 heterocycles. The average molecular weight is 343 g/mol. The number of nitrogens with two attached hydrogens (primary N) is 1.